The monoisotopic (exact) mass is 363 g/mol. The molecule has 2 N–H and O–H groups in total. The number of rotatable bonds is 6. The van der Waals surface area contributed by atoms with Crippen molar-refractivity contribution in [1.82, 2.24) is 15.2 Å². The van der Waals surface area contributed by atoms with Gasteiger partial charge in [-0.1, -0.05) is 36.4 Å². The molecule has 0 aliphatic carbocycles. The van der Waals surface area contributed by atoms with Gasteiger partial charge in [-0.05, 0) is 36.1 Å². The summed E-state index contributed by atoms with van der Waals surface area (Å²) in [6.07, 6.45) is 3.52. The number of aromatic nitrogens is 1. The van der Waals surface area contributed by atoms with Crippen molar-refractivity contribution >= 4 is 16.8 Å². The Morgan fingerprint density at radius 1 is 1.11 bits per heavy atom. The minimum Gasteiger partial charge on any atom is -0.496 e. The van der Waals surface area contributed by atoms with Crippen molar-refractivity contribution in [2.75, 3.05) is 26.7 Å². The highest BCUT2D eigenvalue weighted by Crippen LogP contribution is 2.21. The van der Waals surface area contributed by atoms with E-state index in [2.05, 4.69) is 28.5 Å². The Labute approximate surface area is 159 Å². The summed E-state index contributed by atoms with van der Waals surface area (Å²) in [6, 6.07) is 16.1. The van der Waals surface area contributed by atoms with Crippen molar-refractivity contribution in [2.45, 2.75) is 18.9 Å². The van der Waals surface area contributed by atoms with Crippen LogP contribution in [0.5, 0.6) is 5.75 Å². The Balaban J connectivity index is 1.43. The molecule has 0 unspecified atom stereocenters. The van der Waals surface area contributed by atoms with Crippen LogP contribution in [0, 0.1) is 0 Å². The fourth-order valence-electron chi connectivity index (χ4n) is 3.86. The molecule has 1 aliphatic rings. The Morgan fingerprint density at radius 3 is 2.81 bits per heavy atom. The lowest BCUT2D eigenvalue weighted by molar-refractivity contribution is -0.135. The summed E-state index contributed by atoms with van der Waals surface area (Å²) in [7, 11) is 1.69. The van der Waals surface area contributed by atoms with E-state index < -0.39 is 0 Å². The third kappa shape index (κ3) is 3.69. The highest BCUT2D eigenvalue weighted by molar-refractivity contribution is 5.86. The number of carbonyl (C=O) groups excluding carboxylic acids is 1. The van der Waals surface area contributed by atoms with E-state index >= 15 is 0 Å². The summed E-state index contributed by atoms with van der Waals surface area (Å²) in [5.41, 5.74) is 3.44. The van der Waals surface area contributed by atoms with Crippen LogP contribution in [0.2, 0.25) is 0 Å². The number of amides is 1. The van der Waals surface area contributed by atoms with Crippen LogP contribution >= 0.6 is 0 Å². The van der Waals surface area contributed by atoms with E-state index in [9.17, 15) is 4.79 Å². The molecule has 1 saturated heterocycles. The minimum atomic E-state index is -0.171. The Bertz CT molecular complexity index is 934. The Kier molecular flexibility index (Phi) is 5.12. The number of aromatic amines is 1. The largest absolute Gasteiger partial charge is 0.496 e. The Morgan fingerprint density at radius 2 is 1.93 bits per heavy atom. The normalized spacial score (nSPS) is 17.4. The molecule has 5 nitrogen and oxygen atoms in total. The van der Waals surface area contributed by atoms with Gasteiger partial charge in [0.05, 0.1) is 13.2 Å². The number of nitrogens with one attached hydrogen (secondary N) is 2. The highest BCUT2D eigenvalue weighted by atomic mass is 16.5. The van der Waals surface area contributed by atoms with Crippen LogP contribution in [-0.2, 0) is 17.6 Å². The molecule has 2 aromatic carbocycles. The number of ether oxygens (including phenoxy) is 1. The maximum atomic E-state index is 13.0. The molecule has 1 aliphatic heterocycles. The number of nitrogens with zero attached hydrogens (tertiary/aromatic N) is 1. The van der Waals surface area contributed by atoms with Gasteiger partial charge in [-0.3, -0.25) is 4.79 Å². The van der Waals surface area contributed by atoms with E-state index in [0.717, 1.165) is 36.3 Å². The first kappa shape index (κ1) is 17.6. The number of piperazine rings is 1. The molecule has 1 amide bonds. The third-order valence-corrected chi connectivity index (χ3v) is 5.32. The number of hydrogen-bond acceptors (Lipinski definition) is 3. The maximum Gasteiger partial charge on any atom is 0.240 e. The fourth-order valence-corrected chi connectivity index (χ4v) is 3.86. The predicted molar refractivity (Wildman–Crippen MR) is 107 cm³/mol. The second-order valence-electron chi connectivity index (χ2n) is 6.96. The summed E-state index contributed by atoms with van der Waals surface area (Å²) in [6.45, 7) is 2.29. The molecule has 2 heterocycles. The lowest BCUT2D eigenvalue weighted by Gasteiger charge is -2.33. The summed E-state index contributed by atoms with van der Waals surface area (Å²) in [5, 5.41) is 4.59. The maximum absolute atomic E-state index is 13.0. The van der Waals surface area contributed by atoms with Crippen molar-refractivity contribution in [1.29, 1.82) is 0 Å². The number of para-hydroxylation sites is 2. The SMILES string of the molecule is COc1ccccc1CCN1CCN[C@H](Cc2c[nH]c3ccccc23)C1=O. The summed E-state index contributed by atoms with van der Waals surface area (Å²) in [4.78, 5) is 18.3. The van der Waals surface area contributed by atoms with Gasteiger partial charge in [-0.25, -0.2) is 0 Å². The van der Waals surface area contributed by atoms with Crippen molar-refractivity contribution < 1.29 is 9.53 Å². The van der Waals surface area contributed by atoms with E-state index in [0.29, 0.717) is 13.0 Å². The standard InChI is InChI=1S/C22H25N3O2/c1-27-21-9-5-2-6-16(21)10-12-25-13-11-23-20(22(25)26)14-17-15-24-19-8-4-3-7-18(17)19/h2-9,15,20,23-24H,10-14H2,1H3/t20-/m1/s1. The van der Waals surface area contributed by atoms with Gasteiger partial charge in [0, 0.05) is 36.7 Å². The Hall–Kier alpha value is -2.79. The first-order valence-corrected chi connectivity index (χ1v) is 9.45. The van der Waals surface area contributed by atoms with Gasteiger partial charge in [-0.2, -0.15) is 0 Å². The lowest BCUT2D eigenvalue weighted by Crippen LogP contribution is -2.56. The van der Waals surface area contributed by atoms with Gasteiger partial charge in [0.1, 0.15) is 5.75 Å². The fraction of sp³-hybridized carbons (Fsp3) is 0.318. The van der Waals surface area contributed by atoms with Gasteiger partial charge in [0.25, 0.3) is 0 Å². The van der Waals surface area contributed by atoms with Crippen LogP contribution in [-0.4, -0.2) is 48.6 Å². The average molecular weight is 363 g/mol. The summed E-state index contributed by atoms with van der Waals surface area (Å²) < 4.78 is 5.42. The second kappa shape index (κ2) is 7.84. The first-order chi connectivity index (χ1) is 13.3. The van der Waals surface area contributed by atoms with Gasteiger partial charge >= 0.3 is 0 Å². The third-order valence-electron chi connectivity index (χ3n) is 5.32. The topological polar surface area (TPSA) is 57.4 Å². The summed E-state index contributed by atoms with van der Waals surface area (Å²) >= 11 is 0. The molecule has 0 saturated carbocycles. The van der Waals surface area contributed by atoms with Crippen molar-refractivity contribution in [3.05, 3.63) is 65.9 Å². The average Bonchev–Trinajstić information content (AvgIpc) is 3.12. The number of carbonyl (C=O) groups is 1. The quantitative estimate of drug-likeness (QED) is 0.708. The molecule has 5 heteroatoms. The van der Waals surface area contributed by atoms with Crippen molar-refractivity contribution in [3.8, 4) is 5.75 Å². The van der Waals surface area contributed by atoms with Crippen LogP contribution in [0.25, 0.3) is 10.9 Å². The van der Waals surface area contributed by atoms with E-state index in [1.54, 1.807) is 7.11 Å². The first-order valence-electron chi connectivity index (χ1n) is 9.45. The molecule has 1 atom stereocenters. The number of fused-ring (bicyclic) bond motifs is 1. The van der Waals surface area contributed by atoms with Crippen molar-refractivity contribution in [3.63, 3.8) is 0 Å². The molecule has 27 heavy (non-hydrogen) atoms. The highest BCUT2D eigenvalue weighted by Gasteiger charge is 2.28. The van der Waals surface area contributed by atoms with Gasteiger partial charge in [0.15, 0.2) is 0 Å². The molecule has 0 spiro atoms. The molecule has 0 bridgehead atoms. The predicted octanol–water partition coefficient (Wildman–Crippen LogP) is 2.76. The van der Waals surface area contributed by atoms with Crippen LogP contribution < -0.4 is 10.1 Å². The van der Waals surface area contributed by atoms with E-state index in [1.807, 2.05) is 41.4 Å². The van der Waals surface area contributed by atoms with Crippen LogP contribution in [0.15, 0.2) is 54.7 Å². The molecule has 0 radical (unpaired) electrons. The molecular formula is C22H25N3O2. The molecule has 4 rings (SSSR count). The van der Waals surface area contributed by atoms with Crippen LogP contribution in [0.4, 0.5) is 0 Å². The number of benzene rings is 2. The van der Waals surface area contributed by atoms with Gasteiger partial charge in [-0.15, -0.1) is 0 Å². The van der Waals surface area contributed by atoms with Crippen LogP contribution in [0.3, 0.4) is 0 Å². The molecule has 1 fully saturated rings. The minimum absolute atomic E-state index is 0.171. The zero-order valence-corrected chi connectivity index (χ0v) is 15.6. The zero-order valence-electron chi connectivity index (χ0n) is 15.6. The molecule has 140 valence electrons. The lowest BCUT2D eigenvalue weighted by atomic mass is 10.0. The summed E-state index contributed by atoms with van der Waals surface area (Å²) in [5.74, 6) is 1.07. The number of hydrogen-bond donors (Lipinski definition) is 2. The molecule has 3 aromatic rings. The van der Waals surface area contributed by atoms with E-state index in [1.165, 1.54) is 10.9 Å². The van der Waals surface area contributed by atoms with Gasteiger partial charge < -0.3 is 19.9 Å². The second-order valence-corrected chi connectivity index (χ2v) is 6.96. The number of H-pyrrole nitrogens is 1. The van der Waals surface area contributed by atoms with E-state index in [-0.39, 0.29) is 11.9 Å². The molecule has 1 aromatic heterocycles. The van der Waals surface area contributed by atoms with Crippen LogP contribution in [0.1, 0.15) is 11.1 Å². The van der Waals surface area contributed by atoms with Gasteiger partial charge in [0.2, 0.25) is 5.91 Å². The number of methoxy groups -OCH3 is 1. The molecular weight excluding hydrogens is 338 g/mol. The smallest absolute Gasteiger partial charge is 0.240 e. The zero-order chi connectivity index (χ0) is 18.6. The van der Waals surface area contributed by atoms with Crippen molar-refractivity contribution in [2.24, 2.45) is 0 Å². The van der Waals surface area contributed by atoms with E-state index in [4.69, 9.17) is 4.74 Å².